The first-order valence-electron chi connectivity index (χ1n) is 11.6. The first-order chi connectivity index (χ1) is 14.7. The minimum Gasteiger partial charge on any atom is -0.493 e. The van der Waals surface area contributed by atoms with Gasteiger partial charge in [-0.15, -0.1) is 0 Å². The number of nitrogens with zero attached hydrogens (tertiary/aromatic N) is 3. The molecule has 0 saturated carbocycles. The molecular formula is C24H37N3O4. The molecule has 3 fully saturated rings. The largest absolute Gasteiger partial charge is 0.493 e. The second-order valence-corrected chi connectivity index (χ2v) is 10.3. The number of β-amino-alcohol motifs (C(OH)–C–C–N with tert-alkyl or cyclic N) is 1. The number of carbonyl (C=O) groups is 1. The van der Waals surface area contributed by atoms with Crippen LogP contribution in [0.4, 0.5) is 4.79 Å². The van der Waals surface area contributed by atoms with Crippen LogP contribution in [0.2, 0.25) is 0 Å². The Morgan fingerprint density at radius 3 is 2.68 bits per heavy atom. The predicted octanol–water partition coefficient (Wildman–Crippen LogP) is 2.57. The molecule has 7 nitrogen and oxygen atoms in total. The fourth-order valence-electron chi connectivity index (χ4n) is 4.76. The highest BCUT2D eigenvalue weighted by Crippen LogP contribution is 2.27. The molecule has 1 aromatic rings. The number of benzene rings is 1. The topological polar surface area (TPSA) is 65.5 Å². The van der Waals surface area contributed by atoms with Crippen molar-refractivity contribution in [1.82, 2.24) is 14.7 Å². The van der Waals surface area contributed by atoms with Crippen molar-refractivity contribution in [3.8, 4) is 5.75 Å². The molecule has 172 valence electrons. The first-order valence-corrected chi connectivity index (χ1v) is 11.6. The average Bonchev–Trinajstić information content (AvgIpc) is 2.69. The minimum absolute atomic E-state index is 0.166. The molecule has 31 heavy (non-hydrogen) atoms. The third-order valence-corrected chi connectivity index (χ3v) is 6.39. The average molecular weight is 432 g/mol. The van der Waals surface area contributed by atoms with Gasteiger partial charge < -0.3 is 19.5 Å². The number of likely N-dealkylation sites (tertiary alicyclic amines) is 1. The standard InChI is InChI=1S/C24H37N3O4/c1-24(2,3)31-23(29)27-10-9-26-13-19(7-8-20(26)14-27)17-30-22-6-4-5-18(11-22)12-25-15-21(28)16-25/h4-6,11,19-21,28H,7-10,12-17H2,1-3H3. The van der Waals surface area contributed by atoms with E-state index in [1.165, 1.54) is 5.56 Å². The van der Waals surface area contributed by atoms with Gasteiger partial charge in [0.15, 0.2) is 0 Å². The van der Waals surface area contributed by atoms with Crippen molar-refractivity contribution in [1.29, 1.82) is 0 Å². The van der Waals surface area contributed by atoms with Gasteiger partial charge in [-0.25, -0.2) is 4.79 Å². The molecule has 0 aromatic heterocycles. The lowest BCUT2D eigenvalue weighted by atomic mass is 9.91. The summed E-state index contributed by atoms with van der Waals surface area (Å²) in [6, 6.07) is 8.74. The van der Waals surface area contributed by atoms with Crippen LogP contribution >= 0.6 is 0 Å². The Hall–Kier alpha value is -1.83. The molecule has 2 atom stereocenters. The van der Waals surface area contributed by atoms with Gasteiger partial charge in [0, 0.05) is 57.8 Å². The van der Waals surface area contributed by atoms with Gasteiger partial charge in [-0.05, 0) is 51.3 Å². The van der Waals surface area contributed by atoms with Crippen LogP contribution in [0.1, 0.15) is 39.2 Å². The van der Waals surface area contributed by atoms with E-state index in [1.807, 2.05) is 37.8 Å². The second kappa shape index (κ2) is 9.35. The maximum atomic E-state index is 12.4. The van der Waals surface area contributed by atoms with Crippen LogP contribution in [-0.4, -0.2) is 89.5 Å². The van der Waals surface area contributed by atoms with E-state index in [-0.39, 0.29) is 12.2 Å². The smallest absolute Gasteiger partial charge is 0.410 e. The predicted molar refractivity (Wildman–Crippen MR) is 119 cm³/mol. The highest BCUT2D eigenvalue weighted by molar-refractivity contribution is 5.68. The molecule has 7 heteroatoms. The molecule has 3 aliphatic heterocycles. The molecule has 2 unspecified atom stereocenters. The number of ether oxygens (including phenoxy) is 2. The first kappa shape index (κ1) is 22.4. The number of hydrogen-bond acceptors (Lipinski definition) is 6. The summed E-state index contributed by atoms with van der Waals surface area (Å²) in [5.41, 5.74) is 0.781. The molecule has 1 aromatic carbocycles. The normalized spacial score (nSPS) is 25.6. The summed E-state index contributed by atoms with van der Waals surface area (Å²) < 4.78 is 11.7. The molecule has 1 N–H and O–H groups in total. The van der Waals surface area contributed by atoms with Crippen molar-refractivity contribution in [2.75, 3.05) is 45.9 Å². The van der Waals surface area contributed by atoms with Gasteiger partial charge in [-0.2, -0.15) is 0 Å². The lowest BCUT2D eigenvalue weighted by molar-refractivity contribution is -0.0123. The summed E-state index contributed by atoms with van der Waals surface area (Å²) in [6.07, 6.45) is 1.85. The molecule has 0 bridgehead atoms. The van der Waals surface area contributed by atoms with E-state index in [0.717, 1.165) is 71.0 Å². The number of piperazine rings is 1. The SMILES string of the molecule is CC(C)(C)OC(=O)N1CCN2CC(COc3cccc(CN4CC(O)C4)c3)CCC2C1. The summed E-state index contributed by atoms with van der Waals surface area (Å²) in [6.45, 7) is 12.3. The molecule has 3 heterocycles. The highest BCUT2D eigenvalue weighted by Gasteiger charge is 2.36. The number of hydrogen-bond donors (Lipinski definition) is 1. The van der Waals surface area contributed by atoms with Crippen LogP contribution in [0.5, 0.6) is 5.75 Å². The van der Waals surface area contributed by atoms with Crippen LogP contribution in [0.25, 0.3) is 0 Å². The zero-order valence-electron chi connectivity index (χ0n) is 19.1. The molecule has 3 saturated heterocycles. The third kappa shape index (κ3) is 6.11. The molecule has 0 radical (unpaired) electrons. The van der Waals surface area contributed by atoms with E-state index >= 15 is 0 Å². The number of aliphatic hydroxyl groups excluding tert-OH is 1. The molecule has 0 aliphatic carbocycles. The number of carbonyl (C=O) groups excluding carboxylic acids is 1. The molecule has 0 spiro atoms. The van der Waals surface area contributed by atoms with Crippen LogP contribution in [0.3, 0.4) is 0 Å². The van der Waals surface area contributed by atoms with Crippen molar-refractivity contribution >= 4 is 6.09 Å². The minimum atomic E-state index is -0.447. The van der Waals surface area contributed by atoms with E-state index in [0.29, 0.717) is 12.0 Å². The van der Waals surface area contributed by atoms with Crippen molar-refractivity contribution in [2.24, 2.45) is 5.92 Å². The molecule has 3 aliphatic rings. The van der Waals surface area contributed by atoms with Crippen molar-refractivity contribution in [2.45, 2.75) is 57.9 Å². The van der Waals surface area contributed by atoms with Gasteiger partial charge in [0.05, 0.1) is 12.7 Å². The Bertz CT molecular complexity index is 759. The Kier molecular flexibility index (Phi) is 6.74. The summed E-state index contributed by atoms with van der Waals surface area (Å²) in [4.78, 5) is 19.0. The van der Waals surface area contributed by atoms with Crippen LogP contribution in [0.15, 0.2) is 24.3 Å². The summed E-state index contributed by atoms with van der Waals surface area (Å²) in [5.74, 6) is 1.44. The van der Waals surface area contributed by atoms with E-state index in [2.05, 4.69) is 21.9 Å². The molecular weight excluding hydrogens is 394 g/mol. The van der Waals surface area contributed by atoms with Crippen molar-refractivity contribution < 1.29 is 19.4 Å². The van der Waals surface area contributed by atoms with Crippen LogP contribution in [-0.2, 0) is 11.3 Å². The monoisotopic (exact) mass is 431 g/mol. The molecule has 1 amide bonds. The Morgan fingerprint density at radius 1 is 1.13 bits per heavy atom. The van der Waals surface area contributed by atoms with E-state index < -0.39 is 5.60 Å². The van der Waals surface area contributed by atoms with E-state index in [4.69, 9.17) is 9.47 Å². The summed E-state index contributed by atoms with van der Waals surface area (Å²) in [7, 11) is 0. The fraction of sp³-hybridized carbons (Fsp3) is 0.708. The Balaban J connectivity index is 1.22. The number of aliphatic hydroxyl groups is 1. The van der Waals surface area contributed by atoms with Crippen molar-refractivity contribution in [3.05, 3.63) is 29.8 Å². The highest BCUT2D eigenvalue weighted by atomic mass is 16.6. The Labute approximate surface area is 185 Å². The number of fused-ring (bicyclic) bond motifs is 1. The lowest BCUT2D eigenvalue weighted by Crippen LogP contribution is -2.58. The quantitative estimate of drug-likeness (QED) is 0.773. The van der Waals surface area contributed by atoms with Gasteiger partial charge in [-0.3, -0.25) is 9.80 Å². The maximum absolute atomic E-state index is 12.4. The van der Waals surface area contributed by atoms with Gasteiger partial charge >= 0.3 is 6.09 Å². The Morgan fingerprint density at radius 2 is 1.94 bits per heavy atom. The fourth-order valence-corrected chi connectivity index (χ4v) is 4.76. The van der Waals surface area contributed by atoms with Gasteiger partial charge in [0.1, 0.15) is 11.4 Å². The summed E-state index contributed by atoms with van der Waals surface area (Å²) >= 11 is 0. The zero-order chi connectivity index (χ0) is 22.0. The maximum Gasteiger partial charge on any atom is 0.410 e. The van der Waals surface area contributed by atoms with Gasteiger partial charge in [0.25, 0.3) is 0 Å². The third-order valence-electron chi connectivity index (χ3n) is 6.39. The van der Waals surface area contributed by atoms with Gasteiger partial charge in [-0.1, -0.05) is 12.1 Å². The lowest BCUT2D eigenvalue weighted by Gasteiger charge is -2.46. The van der Waals surface area contributed by atoms with E-state index in [1.54, 1.807) is 0 Å². The number of piperidine rings is 1. The summed E-state index contributed by atoms with van der Waals surface area (Å²) in [5, 5.41) is 9.45. The van der Waals surface area contributed by atoms with Crippen LogP contribution in [0, 0.1) is 5.92 Å². The number of amides is 1. The molecule has 4 rings (SSSR count). The zero-order valence-corrected chi connectivity index (χ0v) is 19.1. The van der Waals surface area contributed by atoms with E-state index in [9.17, 15) is 9.90 Å². The second-order valence-electron chi connectivity index (χ2n) is 10.3. The van der Waals surface area contributed by atoms with Crippen molar-refractivity contribution in [3.63, 3.8) is 0 Å². The van der Waals surface area contributed by atoms with Crippen LogP contribution < -0.4 is 4.74 Å². The van der Waals surface area contributed by atoms with Gasteiger partial charge in [0.2, 0.25) is 0 Å². The number of rotatable bonds is 5.